The Bertz CT molecular complexity index is 760. The number of nitrogens with zero attached hydrogens (tertiary/aromatic N) is 1. The summed E-state index contributed by atoms with van der Waals surface area (Å²) < 4.78 is 13.4. The lowest BCUT2D eigenvalue weighted by molar-refractivity contribution is -0.120. The molecule has 0 spiro atoms. The Morgan fingerprint density at radius 2 is 2.26 bits per heavy atom. The van der Waals surface area contributed by atoms with E-state index in [-0.39, 0.29) is 22.9 Å². The van der Waals surface area contributed by atoms with Gasteiger partial charge in [0.2, 0.25) is 5.91 Å². The van der Waals surface area contributed by atoms with Gasteiger partial charge < -0.3 is 10.6 Å². The van der Waals surface area contributed by atoms with E-state index in [1.807, 2.05) is 6.92 Å². The molecule has 0 aliphatic carbocycles. The molecule has 8 heteroatoms. The zero-order valence-corrected chi connectivity index (χ0v) is 13.7. The van der Waals surface area contributed by atoms with Gasteiger partial charge in [-0.2, -0.15) is 0 Å². The van der Waals surface area contributed by atoms with Crippen LogP contribution in [0.2, 0.25) is 5.02 Å². The maximum Gasteiger partial charge on any atom is 0.263 e. The molecule has 5 nitrogen and oxygen atoms in total. The average molecular weight is 354 g/mol. The first-order chi connectivity index (χ1) is 10.9. The second-order valence-corrected chi connectivity index (χ2v) is 6.83. The highest BCUT2D eigenvalue weighted by Crippen LogP contribution is 2.28. The van der Waals surface area contributed by atoms with Crippen molar-refractivity contribution in [2.24, 2.45) is 0 Å². The number of carbonyl (C=O) groups is 2. The summed E-state index contributed by atoms with van der Waals surface area (Å²) in [4.78, 5) is 28.4. The van der Waals surface area contributed by atoms with Gasteiger partial charge in [-0.05, 0) is 31.5 Å². The van der Waals surface area contributed by atoms with Gasteiger partial charge in [-0.3, -0.25) is 9.59 Å². The quantitative estimate of drug-likeness (QED) is 0.891. The minimum Gasteiger partial charge on any atom is -0.352 e. The van der Waals surface area contributed by atoms with Crippen molar-refractivity contribution in [3.8, 4) is 10.6 Å². The largest absolute Gasteiger partial charge is 0.352 e. The lowest BCUT2D eigenvalue weighted by Crippen LogP contribution is -2.39. The summed E-state index contributed by atoms with van der Waals surface area (Å²) >= 11 is 6.94. The van der Waals surface area contributed by atoms with Crippen LogP contribution in [0.4, 0.5) is 4.39 Å². The zero-order chi connectivity index (χ0) is 16.6. The van der Waals surface area contributed by atoms with Gasteiger partial charge in [-0.15, -0.1) is 11.3 Å². The molecule has 2 heterocycles. The Hall–Kier alpha value is -1.99. The maximum absolute atomic E-state index is 13.4. The molecule has 1 aliphatic rings. The van der Waals surface area contributed by atoms with Gasteiger partial charge in [-0.1, -0.05) is 11.6 Å². The number of thiazole rings is 1. The summed E-state index contributed by atoms with van der Waals surface area (Å²) in [5.41, 5.74) is 0.506. The molecule has 1 unspecified atom stereocenters. The molecule has 1 aliphatic heterocycles. The highest BCUT2D eigenvalue weighted by molar-refractivity contribution is 7.16. The topological polar surface area (TPSA) is 71.1 Å². The van der Waals surface area contributed by atoms with Crippen LogP contribution in [0.25, 0.3) is 10.6 Å². The van der Waals surface area contributed by atoms with Gasteiger partial charge >= 0.3 is 0 Å². The number of nitrogens with one attached hydrogen (secondary N) is 2. The average Bonchev–Trinajstić information content (AvgIpc) is 3.05. The summed E-state index contributed by atoms with van der Waals surface area (Å²) in [7, 11) is 0. The van der Waals surface area contributed by atoms with Crippen molar-refractivity contribution in [2.75, 3.05) is 0 Å². The van der Waals surface area contributed by atoms with Crippen LogP contribution in [0.1, 0.15) is 23.0 Å². The Balaban J connectivity index is 1.76. The molecule has 1 aromatic carbocycles. The fraction of sp³-hybridized carbons (Fsp3) is 0.267. The monoisotopic (exact) mass is 353 g/mol. The van der Waals surface area contributed by atoms with Crippen LogP contribution in [0, 0.1) is 5.82 Å². The first-order valence-electron chi connectivity index (χ1n) is 6.96. The van der Waals surface area contributed by atoms with Crippen molar-refractivity contribution in [2.45, 2.75) is 25.4 Å². The van der Waals surface area contributed by atoms with E-state index in [1.165, 1.54) is 18.3 Å². The van der Waals surface area contributed by atoms with Crippen LogP contribution in [-0.4, -0.2) is 28.9 Å². The summed E-state index contributed by atoms with van der Waals surface area (Å²) in [5.74, 6) is -1.02. The molecule has 0 radical (unpaired) electrons. The number of benzene rings is 1. The Kier molecular flexibility index (Phi) is 4.32. The lowest BCUT2D eigenvalue weighted by atomic mass is 10.2. The normalized spacial score (nSPS) is 20.4. The highest BCUT2D eigenvalue weighted by Gasteiger charge is 2.31. The van der Waals surface area contributed by atoms with E-state index < -0.39 is 11.9 Å². The molecular formula is C15H13ClFN3O2S. The second kappa shape index (κ2) is 6.25. The van der Waals surface area contributed by atoms with Crippen LogP contribution in [0.3, 0.4) is 0 Å². The summed E-state index contributed by atoms with van der Waals surface area (Å²) in [6, 6.07) is 3.59. The van der Waals surface area contributed by atoms with Crippen LogP contribution in [-0.2, 0) is 4.79 Å². The van der Waals surface area contributed by atoms with E-state index in [9.17, 15) is 14.0 Å². The van der Waals surface area contributed by atoms with E-state index in [4.69, 9.17) is 11.6 Å². The third-order valence-electron chi connectivity index (χ3n) is 3.44. The number of hydrogen-bond acceptors (Lipinski definition) is 4. The molecule has 0 bridgehead atoms. The Morgan fingerprint density at radius 1 is 1.48 bits per heavy atom. The third kappa shape index (κ3) is 3.51. The molecule has 2 atom stereocenters. The van der Waals surface area contributed by atoms with Crippen LogP contribution in [0.15, 0.2) is 24.4 Å². The predicted octanol–water partition coefficient (Wildman–Crippen LogP) is 2.61. The van der Waals surface area contributed by atoms with Crippen molar-refractivity contribution in [1.82, 2.24) is 15.6 Å². The Labute approximate surface area is 140 Å². The fourth-order valence-electron chi connectivity index (χ4n) is 2.41. The van der Waals surface area contributed by atoms with Gasteiger partial charge in [0.15, 0.2) is 0 Å². The number of amides is 2. The van der Waals surface area contributed by atoms with Crippen molar-refractivity contribution in [3.05, 3.63) is 40.1 Å². The second-order valence-electron chi connectivity index (χ2n) is 5.36. The first kappa shape index (κ1) is 15.9. The van der Waals surface area contributed by atoms with E-state index in [1.54, 1.807) is 6.07 Å². The summed E-state index contributed by atoms with van der Waals surface area (Å²) in [6.45, 7) is 1.88. The molecular weight excluding hydrogens is 341 g/mol. The number of rotatable bonds is 3. The first-order valence-corrected chi connectivity index (χ1v) is 8.15. The molecule has 2 N–H and O–H groups in total. The van der Waals surface area contributed by atoms with Crippen molar-refractivity contribution >= 4 is 34.8 Å². The molecule has 2 aromatic rings. The van der Waals surface area contributed by atoms with Crippen LogP contribution in [0.5, 0.6) is 0 Å². The molecule has 23 heavy (non-hydrogen) atoms. The molecule has 120 valence electrons. The number of aromatic nitrogens is 1. The molecule has 3 rings (SSSR count). The summed E-state index contributed by atoms with van der Waals surface area (Å²) in [5, 5.41) is 6.18. The molecule has 0 saturated carbocycles. The molecule has 1 aromatic heterocycles. The number of carbonyl (C=O) groups excluding carboxylic acids is 2. The van der Waals surface area contributed by atoms with E-state index >= 15 is 0 Å². The minimum atomic E-state index is -0.535. The van der Waals surface area contributed by atoms with Crippen LogP contribution >= 0.6 is 22.9 Å². The zero-order valence-electron chi connectivity index (χ0n) is 12.1. The van der Waals surface area contributed by atoms with Gasteiger partial charge in [0, 0.05) is 16.6 Å². The van der Waals surface area contributed by atoms with E-state index in [2.05, 4.69) is 15.6 Å². The highest BCUT2D eigenvalue weighted by atomic mass is 35.5. The smallest absolute Gasteiger partial charge is 0.263 e. The predicted molar refractivity (Wildman–Crippen MR) is 86.0 cm³/mol. The van der Waals surface area contributed by atoms with Gasteiger partial charge in [0.25, 0.3) is 5.91 Å². The van der Waals surface area contributed by atoms with Crippen molar-refractivity contribution in [1.29, 1.82) is 0 Å². The molecule has 1 saturated heterocycles. The SMILES string of the molecule is C[C@H]1CC(NC(=O)c2cnc(-c3cc(F)cc(Cl)c3)s2)C(=O)N1. The Morgan fingerprint density at radius 3 is 2.91 bits per heavy atom. The van der Waals surface area contributed by atoms with E-state index in [0.29, 0.717) is 21.9 Å². The third-order valence-corrected chi connectivity index (χ3v) is 4.70. The minimum absolute atomic E-state index is 0.0410. The van der Waals surface area contributed by atoms with Crippen molar-refractivity contribution < 1.29 is 14.0 Å². The standard InChI is InChI=1S/C15H13ClFN3O2S/c1-7-2-11(13(21)19-7)20-14(22)12-6-18-15(23-12)8-3-9(16)5-10(17)4-8/h3-7,11H,2H2,1H3,(H,19,21)(H,20,22)/t7-,11?/m0/s1. The maximum atomic E-state index is 13.4. The molecule has 1 fully saturated rings. The molecule has 2 amide bonds. The fourth-order valence-corrected chi connectivity index (χ4v) is 3.43. The van der Waals surface area contributed by atoms with Gasteiger partial charge in [0.1, 0.15) is 21.7 Å². The number of halogens is 2. The number of hydrogen-bond donors (Lipinski definition) is 2. The van der Waals surface area contributed by atoms with Crippen molar-refractivity contribution in [3.63, 3.8) is 0 Å². The van der Waals surface area contributed by atoms with Crippen LogP contribution < -0.4 is 10.6 Å². The van der Waals surface area contributed by atoms with E-state index in [0.717, 1.165) is 11.3 Å². The lowest BCUT2D eigenvalue weighted by Gasteiger charge is -2.08. The van der Waals surface area contributed by atoms with Gasteiger partial charge in [-0.25, -0.2) is 9.37 Å². The summed E-state index contributed by atoms with van der Waals surface area (Å²) in [6.07, 6.45) is 1.96. The van der Waals surface area contributed by atoms with Gasteiger partial charge in [0.05, 0.1) is 6.20 Å².